The standard InChI is InChI=1S/C28H27F3O2/c1-3-5-20-11-14-24(28(31)27(20)30)19-9-7-18(8-10-19)21-12-13-23(25(29)15-21)22-16-32-26(6-4-2)33-17-22/h4,6-15,22,26H,3,5,16-17H2,1-2H3/b6-4+. The van der Waals surface area contributed by atoms with Crippen LogP contribution in [-0.4, -0.2) is 19.5 Å². The molecule has 3 aromatic rings. The van der Waals surface area contributed by atoms with E-state index >= 15 is 0 Å². The molecule has 33 heavy (non-hydrogen) atoms. The van der Waals surface area contributed by atoms with Crippen LogP contribution in [0.5, 0.6) is 0 Å². The van der Waals surface area contributed by atoms with Crippen molar-refractivity contribution in [3.63, 3.8) is 0 Å². The first kappa shape index (κ1) is 23.3. The molecule has 0 aromatic heterocycles. The molecule has 2 nitrogen and oxygen atoms in total. The Morgan fingerprint density at radius 3 is 2.15 bits per heavy atom. The molecule has 0 N–H and O–H groups in total. The molecule has 1 heterocycles. The molecule has 0 amide bonds. The van der Waals surface area contributed by atoms with E-state index < -0.39 is 11.6 Å². The predicted octanol–water partition coefficient (Wildman–Crippen LogP) is 7.42. The number of ether oxygens (including phenoxy) is 2. The molecule has 1 fully saturated rings. The molecule has 0 bridgehead atoms. The zero-order valence-corrected chi connectivity index (χ0v) is 18.8. The smallest absolute Gasteiger partial charge is 0.176 e. The van der Waals surface area contributed by atoms with Crippen LogP contribution in [0.15, 0.2) is 66.7 Å². The van der Waals surface area contributed by atoms with Crippen LogP contribution < -0.4 is 0 Å². The van der Waals surface area contributed by atoms with Gasteiger partial charge < -0.3 is 9.47 Å². The highest BCUT2D eigenvalue weighted by Gasteiger charge is 2.24. The molecule has 1 aliphatic heterocycles. The number of benzene rings is 3. The minimum Gasteiger partial charge on any atom is -0.348 e. The summed E-state index contributed by atoms with van der Waals surface area (Å²) in [6, 6.07) is 15.4. The molecule has 1 saturated heterocycles. The number of hydrogen-bond acceptors (Lipinski definition) is 2. The second-order valence-corrected chi connectivity index (χ2v) is 8.22. The summed E-state index contributed by atoms with van der Waals surface area (Å²) in [5, 5.41) is 0. The van der Waals surface area contributed by atoms with Crippen LogP contribution in [-0.2, 0) is 15.9 Å². The fourth-order valence-corrected chi connectivity index (χ4v) is 4.12. The molecular weight excluding hydrogens is 425 g/mol. The molecule has 0 radical (unpaired) electrons. The van der Waals surface area contributed by atoms with Gasteiger partial charge in [0.15, 0.2) is 17.9 Å². The van der Waals surface area contributed by atoms with Crippen molar-refractivity contribution in [2.24, 2.45) is 0 Å². The maximum atomic E-state index is 14.9. The summed E-state index contributed by atoms with van der Waals surface area (Å²) in [5.74, 6) is -2.11. The van der Waals surface area contributed by atoms with Crippen molar-refractivity contribution >= 4 is 0 Å². The lowest BCUT2D eigenvalue weighted by Crippen LogP contribution is -2.29. The summed E-state index contributed by atoms with van der Waals surface area (Å²) in [4.78, 5) is 0. The van der Waals surface area contributed by atoms with Crippen LogP contribution in [0.2, 0.25) is 0 Å². The Morgan fingerprint density at radius 1 is 0.848 bits per heavy atom. The molecule has 0 atom stereocenters. The van der Waals surface area contributed by atoms with Crippen LogP contribution >= 0.6 is 0 Å². The van der Waals surface area contributed by atoms with E-state index in [-0.39, 0.29) is 23.6 Å². The van der Waals surface area contributed by atoms with Crippen molar-refractivity contribution in [2.45, 2.75) is 38.9 Å². The van der Waals surface area contributed by atoms with E-state index in [1.807, 2.05) is 32.1 Å². The van der Waals surface area contributed by atoms with Gasteiger partial charge in [0.2, 0.25) is 0 Å². The highest BCUT2D eigenvalue weighted by atomic mass is 19.2. The van der Waals surface area contributed by atoms with Crippen LogP contribution in [0.25, 0.3) is 22.3 Å². The van der Waals surface area contributed by atoms with Crippen molar-refractivity contribution in [3.05, 3.63) is 95.3 Å². The number of hydrogen-bond donors (Lipinski definition) is 0. The van der Waals surface area contributed by atoms with Crippen LogP contribution in [0.4, 0.5) is 13.2 Å². The summed E-state index contributed by atoms with van der Waals surface area (Å²) in [5.41, 5.74) is 3.22. The first-order chi connectivity index (χ1) is 16.0. The Bertz CT molecular complexity index is 1130. The van der Waals surface area contributed by atoms with Crippen LogP contribution in [0.3, 0.4) is 0 Å². The highest BCUT2D eigenvalue weighted by Crippen LogP contribution is 2.32. The SMILES string of the molecule is C/C=C/C1OCC(c2ccc(-c3ccc(-c4ccc(CCC)c(F)c4F)cc3)cc2F)CO1. The van der Waals surface area contributed by atoms with Crippen molar-refractivity contribution < 1.29 is 22.6 Å². The molecule has 3 aromatic carbocycles. The summed E-state index contributed by atoms with van der Waals surface area (Å²) in [7, 11) is 0. The highest BCUT2D eigenvalue weighted by molar-refractivity contribution is 5.71. The Labute approximate surface area is 192 Å². The molecule has 1 aliphatic rings. The minimum absolute atomic E-state index is 0.170. The molecule has 0 saturated carbocycles. The van der Waals surface area contributed by atoms with Gasteiger partial charge in [0.05, 0.1) is 13.2 Å². The van der Waals surface area contributed by atoms with E-state index in [0.29, 0.717) is 41.9 Å². The summed E-state index contributed by atoms with van der Waals surface area (Å²) in [6.07, 6.45) is 4.54. The zero-order chi connectivity index (χ0) is 23.4. The van der Waals surface area contributed by atoms with Gasteiger partial charge in [-0.1, -0.05) is 68.0 Å². The number of halogens is 3. The maximum Gasteiger partial charge on any atom is 0.176 e. The Morgan fingerprint density at radius 2 is 1.52 bits per heavy atom. The van der Waals surface area contributed by atoms with Gasteiger partial charge in [0.25, 0.3) is 0 Å². The summed E-state index contributed by atoms with van der Waals surface area (Å²) in [6.45, 7) is 4.59. The Kier molecular flexibility index (Phi) is 7.31. The van der Waals surface area contributed by atoms with Crippen molar-refractivity contribution in [1.82, 2.24) is 0 Å². The summed E-state index contributed by atoms with van der Waals surface area (Å²) >= 11 is 0. The van der Waals surface area contributed by atoms with Gasteiger partial charge >= 0.3 is 0 Å². The first-order valence-corrected chi connectivity index (χ1v) is 11.2. The first-order valence-electron chi connectivity index (χ1n) is 11.2. The van der Waals surface area contributed by atoms with Gasteiger partial charge in [-0.05, 0) is 53.3 Å². The molecule has 0 aliphatic carbocycles. The number of aryl methyl sites for hydroxylation is 1. The van der Waals surface area contributed by atoms with E-state index in [1.54, 1.807) is 42.5 Å². The monoisotopic (exact) mass is 452 g/mol. The number of allylic oxidation sites excluding steroid dienone is 1. The molecule has 172 valence electrons. The van der Waals surface area contributed by atoms with Gasteiger partial charge in [-0.3, -0.25) is 0 Å². The second-order valence-electron chi connectivity index (χ2n) is 8.22. The average Bonchev–Trinajstić information content (AvgIpc) is 2.83. The van der Waals surface area contributed by atoms with E-state index in [1.165, 1.54) is 6.07 Å². The largest absolute Gasteiger partial charge is 0.348 e. The molecule has 5 heteroatoms. The Hall–Kier alpha value is -2.89. The van der Waals surface area contributed by atoms with Gasteiger partial charge in [-0.15, -0.1) is 0 Å². The van der Waals surface area contributed by atoms with E-state index in [2.05, 4.69) is 0 Å². The molecule has 0 spiro atoms. The Balaban J connectivity index is 1.52. The van der Waals surface area contributed by atoms with Gasteiger partial charge in [-0.2, -0.15) is 0 Å². The molecule has 4 rings (SSSR count). The lowest BCUT2D eigenvalue weighted by molar-refractivity contribution is -0.159. The molecule has 0 unspecified atom stereocenters. The van der Waals surface area contributed by atoms with Crippen molar-refractivity contribution in [3.8, 4) is 22.3 Å². The van der Waals surface area contributed by atoms with Crippen LogP contribution in [0.1, 0.15) is 37.3 Å². The third-order valence-corrected chi connectivity index (χ3v) is 5.92. The van der Waals surface area contributed by atoms with Gasteiger partial charge in [0, 0.05) is 11.5 Å². The average molecular weight is 453 g/mol. The number of rotatable bonds is 6. The van der Waals surface area contributed by atoms with E-state index in [9.17, 15) is 13.2 Å². The quantitative estimate of drug-likeness (QED) is 0.362. The normalized spacial score (nSPS) is 18.7. The van der Waals surface area contributed by atoms with Crippen LogP contribution in [0, 0.1) is 17.5 Å². The zero-order valence-electron chi connectivity index (χ0n) is 18.8. The summed E-state index contributed by atoms with van der Waals surface area (Å²) < 4.78 is 55.0. The van der Waals surface area contributed by atoms with Gasteiger partial charge in [0.1, 0.15) is 5.82 Å². The maximum absolute atomic E-state index is 14.9. The van der Waals surface area contributed by atoms with Gasteiger partial charge in [-0.25, -0.2) is 13.2 Å². The van der Waals surface area contributed by atoms with Crippen molar-refractivity contribution in [2.75, 3.05) is 13.2 Å². The lowest BCUT2D eigenvalue weighted by Gasteiger charge is -2.28. The fourth-order valence-electron chi connectivity index (χ4n) is 4.12. The van der Waals surface area contributed by atoms with E-state index in [4.69, 9.17) is 9.47 Å². The van der Waals surface area contributed by atoms with Crippen molar-refractivity contribution in [1.29, 1.82) is 0 Å². The molecular formula is C28H27F3O2. The topological polar surface area (TPSA) is 18.5 Å². The second kappa shape index (κ2) is 10.4. The fraction of sp³-hybridized carbons (Fsp3) is 0.286. The lowest BCUT2D eigenvalue weighted by atomic mass is 9.94. The predicted molar refractivity (Wildman–Crippen MR) is 124 cm³/mol. The van der Waals surface area contributed by atoms with E-state index in [0.717, 1.165) is 12.0 Å². The third kappa shape index (κ3) is 5.05. The third-order valence-electron chi connectivity index (χ3n) is 5.92. The minimum atomic E-state index is -0.835.